The molecule has 5 N–H and O–H groups in total. The third-order valence-electron chi connectivity index (χ3n) is 3.01. The van der Waals surface area contributed by atoms with E-state index in [4.69, 9.17) is 16.7 Å². The summed E-state index contributed by atoms with van der Waals surface area (Å²) in [6.45, 7) is 3.41. The molecular formula is C13H17N7. The molecule has 20 heavy (non-hydrogen) atoms. The van der Waals surface area contributed by atoms with Crippen LogP contribution in [0.15, 0.2) is 29.5 Å². The summed E-state index contributed by atoms with van der Waals surface area (Å²) in [5.74, 6) is 0.438. The summed E-state index contributed by atoms with van der Waals surface area (Å²) in [5.41, 5.74) is 13.2. The monoisotopic (exact) mass is 271 g/mol. The minimum Gasteiger partial charge on any atom is -0.403 e. The zero-order valence-corrected chi connectivity index (χ0v) is 11.1. The summed E-state index contributed by atoms with van der Waals surface area (Å²) in [6.07, 6.45) is 2.95. The molecule has 0 saturated carbocycles. The molecule has 0 aliphatic carbocycles. The molecule has 0 spiro atoms. The smallest absolute Gasteiger partial charge is 0.196 e. The third-order valence-corrected chi connectivity index (χ3v) is 3.01. The minimum atomic E-state index is 0.351. The number of nitrogens with two attached hydrogens (primary N) is 2. The van der Waals surface area contributed by atoms with Crippen molar-refractivity contribution in [1.82, 2.24) is 15.2 Å². The Hall–Kier alpha value is -2.59. The van der Waals surface area contributed by atoms with Gasteiger partial charge in [0.2, 0.25) is 0 Å². The van der Waals surface area contributed by atoms with Crippen LogP contribution >= 0.6 is 0 Å². The Morgan fingerprint density at radius 1 is 1.45 bits per heavy atom. The van der Waals surface area contributed by atoms with Gasteiger partial charge in [0, 0.05) is 44.1 Å². The quantitative estimate of drug-likeness (QED) is 0.490. The van der Waals surface area contributed by atoms with Crippen LogP contribution in [0.1, 0.15) is 11.3 Å². The molecule has 1 saturated heterocycles. The van der Waals surface area contributed by atoms with E-state index in [1.54, 1.807) is 18.3 Å². The van der Waals surface area contributed by atoms with E-state index in [1.165, 1.54) is 6.20 Å². The molecule has 7 heteroatoms. The highest BCUT2D eigenvalue weighted by Crippen LogP contribution is 2.14. The van der Waals surface area contributed by atoms with E-state index in [2.05, 4.69) is 15.3 Å². The molecule has 1 aromatic heterocycles. The number of hydrogen-bond donors (Lipinski definition) is 3. The highest BCUT2D eigenvalue weighted by molar-refractivity contribution is 5.85. The van der Waals surface area contributed by atoms with Crippen LogP contribution in [0.3, 0.4) is 0 Å². The third kappa shape index (κ3) is 3.24. The van der Waals surface area contributed by atoms with E-state index >= 15 is 0 Å². The van der Waals surface area contributed by atoms with Gasteiger partial charge in [0.05, 0.1) is 5.70 Å². The molecule has 1 aromatic rings. The largest absolute Gasteiger partial charge is 0.403 e. The fourth-order valence-electron chi connectivity index (χ4n) is 1.90. The van der Waals surface area contributed by atoms with Gasteiger partial charge >= 0.3 is 0 Å². The van der Waals surface area contributed by atoms with Gasteiger partial charge < -0.3 is 21.7 Å². The van der Waals surface area contributed by atoms with Crippen molar-refractivity contribution in [2.24, 2.45) is 16.5 Å². The van der Waals surface area contributed by atoms with Crippen LogP contribution in [0.2, 0.25) is 0 Å². The standard InChI is InChI=1S/C13H17N7/c14-7-11-2-1-10(9-18-11)12(8-15)19-13(16)20-5-3-17-4-6-20/h1-2,8-9,17H,3-6,15H2,(H2,16,19)/b12-8-. The topological polar surface area (TPSA) is 116 Å². The van der Waals surface area contributed by atoms with Gasteiger partial charge in [-0.25, -0.2) is 9.98 Å². The lowest BCUT2D eigenvalue weighted by molar-refractivity contribution is 0.354. The van der Waals surface area contributed by atoms with Crippen LogP contribution in [0.5, 0.6) is 0 Å². The van der Waals surface area contributed by atoms with Gasteiger partial charge in [0.1, 0.15) is 11.8 Å². The van der Waals surface area contributed by atoms with Gasteiger partial charge in [-0.05, 0) is 12.1 Å². The van der Waals surface area contributed by atoms with Crippen LogP contribution < -0.4 is 16.8 Å². The molecule has 0 amide bonds. The molecule has 0 aromatic carbocycles. The average Bonchev–Trinajstić information content (AvgIpc) is 2.53. The molecule has 1 aliphatic heterocycles. The molecule has 0 atom stereocenters. The summed E-state index contributed by atoms with van der Waals surface area (Å²) in [4.78, 5) is 10.3. The SMILES string of the molecule is N#Cc1ccc(/C(=C/N)N=C(N)N2CCNCC2)cn1. The van der Waals surface area contributed by atoms with Crippen molar-refractivity contribution in [3.8, 4) is 6.07 Å². The fourth-order valence-corrected chi connectivity index (χ4v) is 1.90. The molecular weight excluding hydrogens is 254 g/mol. The Balaban J connectivity index is 2.17. The number of nitriles is 1. The number of nitrogens with one attached hydrogen (secondary N) is 1. The number of aromatic nitrogens is 1. The van der Waals surface area contributed by atoms with E-state index < -0.39 is 0 Å². The summed E-state index contributed by atoms with van der Waals surface area (Å²) in [6, 6.07) is 5.34. The molecule has 0 radical (unpaired) electrons. The average molecular weight is 271 g/mol. The molecule has 104 valence electrons. The van der Waals surface area contributed by atoms with Crippen molar-refractivity contribution in [1.29, 1.82) is 5.26 Å². The highest BCUT2D eigenvalue weighted by Gasteiger charge is 2.12. The molecule has 1 aliphatic rings. The summed E-state index contributed by atoms with van der Waals surface area (Å²) in [7, 11) is 0. The fraction of sp³-hybridized carbons (Fsp3) is 0.308. The number of rotatable bonds is 2. The Morgan fingerprint density at radius 3 is 2.75 bits per heavy atom. The van der Waals surface area contributed by atoms with Gasteiger partial charge in [0.25, 0.3) is 0 Å². The molecule has 1 fully saturated rings. The number of aliphatic imine (C=N–C) groups is 1. The molecule has 7 nitrogen and oxygen atoms in total. The number of guanidine groups is 1. The lowest BCUT2D eigenvalue weighted by atomic mass is 10.2. The van der Waals surface area contributed by atoms with E-state index in [9.17, 15) is 0 Å². The Bertz CT molecular complexity index is 547. The number of hydrogen-bond acceptors (Lipinski definition) is 5. The van der Waals surface area contributed by atoms with Gasteiger partial charge in [0.15, 0.2) is 5.96 Å². The second kappa shape index (κ2) is 6.54. The van der Waals surface area contributed by atoms with E-state index in [0.717, 1.165) is 31.7 Å². The number of nitrogens with zero attached hydrogens (tertiary/aromatic N) is 4. The van der Waals surface area contributed by atoms with Crippen LogP contribution in [-0.4, -0.2) is 42.0 Å². The van der Waals surface area contributed by atoms with Crippen LogP contribution in [0.25, 0.3) is 5.70 Å². The molecule has 2 rings (SSSR count). The first-order valence-corrected chi connectivity index (χ1v) is 6.33. The van der Waals surface area contributed by atoms with Crippen molar-refractivity contribution < 1.29 is 0 Å². The predicted molar refractivity (Wildman–Crippen MR) is 77.2 cm³/mol. The van der Waals surface area contributed by atoms with Gasteiger partial charge in [-0.2, -0.15) is 5.26 Å². The lowest BCUT2D eigenvalue weighted by Gasteiger charge is -2.28. The highest BCUT2D eigenvalue weighted by atomic mass is 15.3. The lowest BCUT2D eigenvalue weighted by Crippen LogP contribution is -2.49. The Morgan fingerprint density at radius 2 is 2.20 bits per heavy atom. The van der Waals surface area contributed by atoms with Crippen molar-refractivity contribution in [3.63, 3.8) is 0 Å². The van der Waals surface area contributed by atoms with Gasteiger partial charge in [-0.1, -0.05) is 0 Å². The van der Waals surface area contributed by atoms with Crippen LogP contribution in [0.4, 0.5) is 0 Å². The molecule has 0 unspecified atom stereocenters. The van der Waals surface area contributed by atoms with Crippen LogP contribution in [-0.2, 0) is 0 Å². The maximum Gasteiger partial charge on any atom is 0.196 e. The zero-order chi connectivity index (χ0) is 14.4. The summed E-state index contributed by atoms with van der Waals surface area (Å²) in [5, 5.41) is 12.0. The first kappa shape index (κ1) is 13.8. The zero-order valence-electron chi connectivity index (χ0n) is 11.1. The number of pyridine rings is 1. The van der Waals surface area contributed by atoms with Gasteiger partial charge in [-0.15, -0.1) is 0 Å². The van der Waals surface area contributed by atoms with E-state index in [-0.39, 0.29) is 0 Å². The van der Waals surface area contributed by atoms with Gasteiger partial charge in [-0.3, -0.25) is 0 Å². The first-order chi connectivity index (χ1) is 9.74. The van der Waals surface area contributed by atoms with Crippen molar-refractivity contribution in [3.05, 3.63) is 35.8 Å². The second-order valence-electron chi connectivity index (χ2n) is 4.30. The van der Waals surface area contributed by atoms with Crippen molar-refractivity contribution >= 4 is 11.7 Å². The maximum absolute atomic E-state index is 8.73. The predicted octanol–water partition coefficient (Wildman–Crippen LogP) is -0.570. The maximum atomic E-state index is 8.73. The summed E-state index contributed by atoms with van der Waals surface area (Å²) >= 11 is 0. The minimum absolute atomic E-state index is 0.351. The Labute approximate surface area is 117 Å². The van der Waals surface area contributed by atoms with Crippen molar-refractivity contribution in [2.45, 2.75) is 0 Å². The normalized spacial score (nSPS) is 16.9. The Kier molecular flexibility index (Phi) is 4.52. The van der Waals surface area contributed by atoms with Crippen LogP contribution in [0, 0.1) is 11.3 Å². The first-order valence-electron chi connectivity index (χ1n) is 6.33. The second-order valence-corrected chi connectivity index (χ2v) is 4.30. The number of piperazine rings is 1. The molecule has 2 heterocycles. The van der Waals surface area contributed by atoms with E-state index in [0.29, 0.717) is 17.4 Å². The summed E-state index contributed by atoms with van der Waals surface area (Å²) < 4.78 is 0. The molecule has 0 bridgehead atoms. The van der Waals surface area contributed by atoms with Crippen molar-refractivity contribution in [2.75, 3.05) is 26.2 Å². The van der Waals surface area contributed by atoms with E-state index in [1.807, 2.05) is 11.0 Å².